The van der Waals surface area contributed by atoms with Gasteiger partial charge in [-0.15, -0.1) is 0 Å². The average Bonchev–Trinajstić information content (AvgIpc) is 2.51. The molecule has 0 aliphatic heterocycles. The van der Waals surface area contributed by atoms with Crippen molar-refractivity contribution in [2.24, 2.45) is 5.90 Å². The Morgan fingerprint density at radius 2 is 2.38 bits per heavy atom. The highest BCUT2D eigenvalue weighted by atomic mass is 16.6. The van der Waals surface area contributed by atoms with Crippen LogP contribution in [0.4, 0.5) is 0 Å². The summed E-state index contributed by atoms with van der Waals surface area (Å²) in [5, 5.41) is 3.25. The fourth-order valence-corrected chi connectivity index (χ4v) is 0.609. The fraction of sp³-hybridized carbons (Fsp3) is 1.00. The summed E-state index contributed by atoms with van der Waals surface area (Å²) < 4.78 is 0. The molecule has 1 fully saturated rings. The van der Waals surface area contributed by atoms with Gasteiger partial charge < -0.3 is 10.2 Å². The highest BCUT2D eigenvalue weighted by Gasteiger charge is 2.19. The maximum atomic E-state index is 4.80. The summed E-state index contributed by atoms with van der Waals surface area (Å²) >= 11 is 0. The van der Waals surface area contributed by atoms with Gasteiger partial charge in [0.25, 0.3) is 0 Å². The van der Waals surface area contributed by atoms with Crippen LogP contribution in [0.5, 0.6) is 0 Å². The summed E-state index contributed by atoms with van der Waals surface area (Å²) in [7, 11) is 0. The molecule has 0 radical (unpaired) electrons. The second-order valence-corrected chi connectivity index (χ2v) is 2.10. The summed E-state index contributed by atoms with van der Waals surface area (Å²) in [5.74, 6) is 4.80. The molecule has 0 aromatic carbocycles. The van der Waals surface area contributed by atoms with E-state index in [2.05, 4.69) is 10.2 Å². The van der Waals surface area contributed by atoms with E-state index >= 15 is 0 Å². The minimum Gasteiger partial charge on any atom is -0.312 e. The van der Waals surface area contributed by atoms with Gasteiger partial charge in [0.1, 0.15) is 0 Å². The standard InChI is InChI=1S/C5H12N2O/c6-8-4-3-7-5-1-2-5/h5,7H,1-4,6H2. The molecule has 1 aliphatic carbocycles. The molecule has 8 heavy (non-hydrogen) atoms. The number of nitrogens with one attached hydrogen (secondary N) is 1. The Morgan fingerprint density at radius 3 is 2.88 bits per heavy atom. The van der Waals surface area contributed by atoms with Gasteiger partial charge in [-0.25, -0.2) is 5.90 Å². The van der Waals surface area contributed by atoms with E-state index in [0.717, 1.165) is 12.6 Å². The first-order chi connectivity index (χ1) is 3.93. The molecular formula is C5H12N2O. The molecular weight excluding hydrogens is 104 g/mol. The van der Waals surface area contributed by atoms with Crippen LogP contribution < -0.4 is 11.2 Å². The van der Waals surface area contributed by atoms with E-state index < -0.39 is 0 Å². The van der Waals surface area contributed by atoms with E-state index in [0.29, 0.717) is 6.61 Å². The van der Waals surface area contributed by atoms with E-state index in [9.17, 15) is 0 Å². The Morgan fingerprint density at radius 1 is 1.62 bits per heavy atom. The van der Waals surface area contributed by atoms with Crippen molar-refractivity contribution in [1.29, 1.82) is 0 Å². The summed E-state index contributed by atoms with van der Waals surface area (Å²) in [6.45, 7) is 1.51. The van der Waals surface area contributed by atoms with Crippen LogP contribution in [0.15, 0.2) is 0 Å². The van der Waals surface area contributed by atoms with Gasteiger partial charge in [0.05, 0.1) is 6.61 Å². The molecule has 1 saturated carbocycles. The monoisotopic (exact) mass is 116 g/mol. The van der Waals surface area contributed by atoms with Crippen LogP contribution in [0.25, 0.3) is 0 Å². The zero-order valence-electron chi connectivity index (χ0n) is 4.89. The predicted molar refractivity (Wildman–Crippen MR) is 31.2 cm³/mol. The minimum absolute atomic E-state index is 0.622. The summed E-state index contributed by atoms with van der Waals surface area (Å²) in [5.41, 5.74) is 0. The third kappa shape index (κ3) is 2.26. The first-order valence-electron chi connectivity index (χ1n) is 2.98. The lowest BCUT2D eigenvalue weighted by Crippen LogP contribution is -2.22. The zero-order chi connectivity index (χ0) is 5.82. The van der Waals surface area contributed by atoms with Gasteiger partial charge in [0.2, 0.25) is 0 Å². The third-order valence-corrected chi connectivity index (χ3v) is 1.23. The molecule has 0 aromatic rings. The lowest BCUT2D eigenvalue weighted by atomic mass is 10.6. The normalized spacial score (nSPS) is 19.1. The maximum Gasteiger partial charge on any atom is 0.0803 e. The molecule has 3 heteroatoms. The molecule has 0 bridgehead atoms. The molecule has 3 N–H and O–H groups in total. The molecule has 48 valence electrons. The van der Waals surface area contributed by atoms with Crippen LogP contribution in [0.3, 0.4) is 0 Å². The van der Waals surface area contributed by atoms with Crippen LogP contribution in [-0.2, 0) is 4.84 Å². The van der Waals surface area contributed by atoms with Crippen molar-refractivity contribution in [3.63, 3.8) is 0 Å². The van der Waals surface area contributed by atoms with E-state index in [4.69, 9.17) is 5.90 Å². The molecule has 1 rings (SSSR count). The summed E-state index contributed by atoms with van der Waals surface area (Å²) in [4.78, 5) is 4.36. The molecule has 0 atom stereocenters. The smallest absolute Gasteiger partial charge is 0.0803 e. The Hall–Kier alpha value is -0.120. The van der Waals surface area contributed by atoms with Crippen LogP contribution in [0, 0.1) is 0 Å². The van der Waals surface area contributed by atoms with Gasteiger partial charge in [-0.3, -0.25) is 0 Å². The Bertz CT molecular complexity index is 63.4. The van der Waals surface area contributed by atoms with Gasteiger partial charge in [-0.05, 0) is 12.8 Å². The topological polar surface area (TPSA) is 47.3 Å². The number of nitrogens with two attached hydrogens (primary N) is 1. The minimum atomic E-state index is 0.622. The van der Waals surface area contributed by atoms with Gasteiger partial charge >= 0.3 is 0 Å². The zero-order valence-corrected chi connectivity index (χ0v) is 4.89. The fourth-order valence-electron chi connectivity index (χ4n) is 0.609. The molecule has 0 heterocycles. The Kier molecular flexibility index (Phi) is 2.27. The van der Waals surface area contributed by atoms with E-state index in [-0.39, 0.29) is 0 Å². The molecule has 0 aromatic heterocycles. The molecule has 3 nitrogen and oxygen atoms in total. The van der Waals surface area contributed by atoms with Crippen molar-refractivity contribution >= 4 is 0 Å². The van der Waals surface area contributed by atoms with Crippen molar-refractivity contribution in [2.75, 3.05) is 13.2 Å². The quantitative estimate of drug-likeness (QED) is 0.389. The molecule has 0 saturated heterocycles. The largest absolute Gasteiger partial charge is 0.312 e. The second-order valence-electron chi connectivity index (χ2n) is 2.10. The predicted octanol–water partition coefficient (Wildman–Crippen LogP) is -0.371. The Balaban J connectivity index is 1.74. The highest BCUT2D eigenvalue weighted by Crippen LogP contribution is 2.17. The number of hydrogen-bond donors (Lipinski definition) is 2. The average molecular weight is 116 g/mol. The molecule has 1 aliphatic rings. The van der Waals surface area contributed by atoms with Gasteiger partial charge in [-0.1, -0.05) is 0 Å². The van der Waals surface area contributed by atoms with Crippen LogP contribution in [0.1, 0.15) is 12.8 Å². The lowest BCUT2D eigenvalue weighted by Gasteiger charge is -1.97. The number of hydrogen-bond acceptors (Lipinski definition) is 3. The molecule has 0 spiro atoms. The third-order valence-electron chi connectivity index (χ3n) is 1.23. The van der Waals surface area contributed by atoms with Crippen molar-refractivity contribution in [2.45, 2.75) is 18.9 Å². The van der Waals surface area contributed by atoms with Gasteiger partial charge in [0.15, 0.2) is 0 Å². The van der Waals surface area contributed by atoms with Crippen molar-refractivity contribution in [1.82, 2.24) is 5.32 Å². The first kappa shape index (κ1) is 6.01. The molecule has 0 unspecified atom stereocenters. The molecule has 0 amide bonds. The van der Waals surface area contributed by atoms with Gasteiger partial charge in [-0.2, -0.15) is 0 Å². The summed E-state index contributed by atoms with van der Waals surface area (Å²) in [6, 6.07) is 0.769. The highest BCUT2D eigenvalue weighted by molar-refractivity contribution is 4.80. The Labute approximate surface area is 49.2 Å². The van der Waals surface area contributed by atoms with Crippen LogP contribution in [-0.4, -0.2) is 19.2 Å². The van der Waals surface area contributed by atoms with Crippen LogP contribution >= 0.6 is 0 Å². The van der Waals surface area contributed by atoms with E-state index in [1.54, 1.807) is 0 Å². The lowest BCUT2D eigenvalue weighted by molar-refractivity contribution is 0.139. The van der Waals surface area contributed by atoms with Gasteiger partial charge in [0, 0.05) is 12.6 Å². The van der Waals surface area contributed by atoms with Crippen molar-refractivity contribution in [3.05, 3.63) is 0 Å². The van der Waals surface area contributed by atoms with Crippen molar-refractivity contribution in [3.8, 4) is 0 Å². The second kappa shape index (κ2) is 3.02. The maximum absolute atomic E-state index is 4.80. The SMILES string of the molecule is NOCCNC1CC1. The first-order valence-corrected chi connectivity index (χ1v) is 2.98. The summed E-state index contributed by atoms with van der Waals surface area (Å²) in [6.07, 6.45) is 2.65. The van der Waals surface area contributed by atoms with E-state index in [1.165, 1.54) is 12.8 Å². The number of rotatable bonds is 4. The van der Waals surface area contributed by atoms with Crippen molar-refractivity contribution < 1.29 is 4.84 Å². The van der Waals surface area contributed by atoms with E-state index in [1.807, 2.05) is 0 Å². The van der Waals surface area contributed by atoms with Crippen LogP contribution in [0.2, 0.25) is 0 Å².